The van der Waals surface area contributed by atoms with Gasteiger partial charge >= 0.3 is 0 Å². The Labute approximate surface area is 75.7 Å². The first-order chi connectivity index (χ1) is 6.15. The van der Waals surface area contributed by atoms with Crippen molar-refractivity contribution < 1.29 is 9.18 Å². The lowest BCUT2D eigenvalue weighted by molar-refractivity contribution is 0.100. The molecule has 0 radical (unpaired) electrons. The van der Waals surface area contributed by atoms with Crippen molar-refractivity contribution >= 4 is 11.6 Å². The fourth-order valence-electron chi connectivity index (χ4n) is 1.00. The number of nitrogens with one attached hydrogen (secondary N) is 1. The number of nitrogens with two attached hydrogens (primary N) is 1. The van der Waals surface area contributed by atoms with E-state index in [1.165, 1.54) is 18.2 Å². The van der Waals surface area contributed by atoms with Gasteiger partial charge in [-0.1, -0.05) is 0 Å². The number of hydrogen-bond acceptors (Lipinski definition) is 2. The zero-order chi connectivity index (χ0) is 9.84. The largest absolute Gasteiger partial charge is 0.383 e. The van der Waals surface area contributed by atoms with Crippen LogP contribution in [0.3, 0.4) is 0 Å². The molecule has 0 aliphatic heterocycles. The van der Waals surface area contributed by atoms with Gasteiger partial charge in [-0.25, -0.2) is 4.39 Å². The summed E-state index contributed by atoms with van der Waals surface area (Å²) < 4.78 is 13.0. The Morgan fingerprint density at radius 2 is 2.31 bits per heavy atom. The predicted octanol–water partition coefficient (Wildman–Crippen LogP) is 1.36. The Bertz CT molecular complexity index is 325. The molecule has 1 rings (SSSR count). The third kappa shape index (κ3) is 2.18. The molecular weight excluding hydrogens is 171 g/mol. The van der Waals surface area contributed by atoms with Crippen molar-refractivity contribution in [3.8, 4) is 0 Å². The molecule has 0 aliphatic rings. The van der Waals surface area contributed by atoms with Crippen LogP contribution in [0, 0.1) is 5.82 Å². The molecule has 1 aromatic rings. The Kier molecular flexibility index (Phi) is 2.84. The first-order valence-corrected chi connectivity index (χ1v) is 3.98. The fourth-order valence-corrected chi connectivity index (χ4v) is 1.00. The molecule has 0 aliphatic carbocycles. The topological polar surface area (TPSA) is 55.1 Å². The van der Waals surface area contributed by atoms with Crippen molar-refractivity contribution in [2.24, 2.45) is 5.73 Å². The summed E-state index contributed by atoms with van der Waals surface area (Å²) in [4.78, 5) is 10.7. The van der Waals surface area contributed by atoms with Crippen molar-refractivity contribution in [3.63, 3.8) is 0 Å². The SMILES string of the molecule is CCNc1cc(C(N)=O)ccc1F. The molecule has 3 nitrogen and oxygen atoms in total. The lowest BCUT2D eigenvalue weighted by Crippen LogP contribution is -2.11. The van der Waals surface area contributed by atoms with Crippen LogP contribution in [0.5, 0.6) is 0 Å². The Balaban J connectivity index is 3.03. The summed E-state index contributed by atoms with van der Waals surface area (Å²) in [6.07, 6.45) is 0. The predicted molar refractivity (Wildman–Crippen MR) is 49.1 cm³/mol. The number of carbonyl (C=O) groups is 1. The minimum atomic E-state index is -0.556. The zero-order valence-corrected chi connectivity index (χ0v) is 7.30. The third-order valence-corrected chi connectivity index (χ3v) is 1.62. The van der Waals surface area contributed by atoms with E-state index in [4.69, 9.17) is 5.73 Å². The molecule has 0 heterocycles. The Hall–Kier alpha value is -1.58. The highest BCUT2D eigenvalue weighted by Gasteiger charge is 2.05. The van der Waals surface area contributed by atoms with E-state index in [1.54, 1.807) is 0 Å². The van der Waals surface area contributed by atoms with Crippen LogP contribution in [0.4, 0.5) is 10.1 Å². The minimum absolute atomic E-state index is 0.303. The average molecular weight is 182 g/mol. The number of amides is 1. The Morgan fingerprint density at radius 3 is 2.85 bits per heavy atom. The standard InChI is InChI=1S/C9H11FN2O/c1-2-12-8-5-6(9(11)13)3-4-7(8)10/h3-5,12H,2H2,1H3,(H2,11,13). The molecule has 0 saturated carbocycles. The van der Waals surface area contributed by atoms with E-state index >= 15 is 0 Å². The highest BCUT2D eigenvalue weighted by molar-refractivity contribution is 5.93. The van der Waals surface area contributed by atoms with E-state index in [1.807, 2.05) is 6.92 Å². The van der Waals surface area contributed by atoms with E-state index in [9.17, 15) is 9.18 Å². The summed E-state index contributed by atoms with van der Waals surface area (Å²) in [6, 6.07) is 3.98. The van der Waals surface area contributed by atoms with Gasteiger partial charge in [-0.05, 0) is 25.1 Å². The number of benzene rings is 1. The number of rotatable bonds is 3. The molecule has 0 atom stereocenters. The summed E-state index contributed by atoms with van der Waals surface area (Å²) in [6.45, 7) is 2.44. The van der Waals surface area contributed by atoms with Crippen molar-refractivity contribution in [3.05, 3.63) is 29.6 Å². The number of primary amides is 1. The van der Waals surface area contributed by atoms with E-state index in [0.717, 1.165) is 0 Å². The van der Waals surface area contributed by atoms with Gasteiger partial charge in [-0.15, -0.1) is 0 Å². The average Bonchev–Trinajstić information content (AvgIpc) is 2.08. The van der Waals surface area contributed by atoms with Crippen LogP contribution >= 0.6 is 0 Å². The molecule has 1 amide bonds. The van der Waals surface area contributed by atoms with Crippen molar-refractivity contribution in [1.82, 2.24) is 0 Å². The van der Waals surface area contributed by atoms with Gasteiger partial charge in [0.1, 0.15) is 5.82 Å². The van der Waals surface area contributed by atoms with Gasteiger partial charge in [0.25, 0.3) is 0 Å². The second-order valence-electron chi connectivity index (χ2n) is 2.59. The summed E-state index contributed by atoms with van der Waals surface area (Å²) in [5, 5.41) is 2.79. The second kappa shape index (κ2) is 3.89. The molecule has 0 fully saturated rings. The molecule has 0 spiro atoms. The van der Waals surface area contributed by atoms with Crippen LogP contribution in [0.2, 0.25) is 0 Å². The molecule has 0 aromatic heterocycles. The highest BCUT2D eigenvalue weighted by Crippen LogP contribution is 2.15. The molecular formula is C9H11FN2O. The van der Waals surface area contributed by atoms with Crippen LogP contribution in [0.25, 0.3) is 0 Å². The van der Waals surface area contributed by atoms with Gasteiger partial charge in [0.15, 0.2) is 0 Å². The normalized spacial score (nSPS) is 9.69. The maximum absolute atomic E-state index is 13.0. The first kappa shape index (κ1) is 9.51. The number of halogens is 1. The smallest absolute Gasteiger partial charge is 0.248 e. The number of hydrogen-bond donors (Lipinski definition) is 2. The summed E-state index contributed by atoms with van der Waals surface area (Å²) >= 11 is 0. The maximum Gasteiger partial charge on any atom is 0.248 e. The monoisotopic (exact) mass is 182 g/mol. The lowest BCUT2D eigenvalue weighted by atomic mass is 10.2. The fraction of sp³-hybridized carbons (Fsp3) is 0.222. The summed E-state index contributed by atoms with van der Waals surface area (Å²) in [5.41, 5.74) is 5.65. The van der Waals surface area contributed by atoms with Crippen LogP contribution < -0.4 is 11.1 Å². The van der Waals surface area contributed by atoms with E-state index in [-0.39, 0.29) is 5.82 Å². The molecule has 1 aromatic carbocycles. The highest BCUT2D eigenvalue weighted by atomic mass is 19.1. The van der Waals surface area contributed by atoms with E-state index < -0.39 is 5.91 Å². The summed E-state index contributed by atoms with van der Waals surface area (Å²) in [7, 11) is 0. The Morgan fingerprint density at radius 1 is 1.62 bits per heavy atom. The lowest BCUT2D eigenvalue weighted by Gasteiger charge is -2.05. The van der Waals surface area contributed by atoms with E-state index in [0.29, 0.717) is 17.8 Å². The molecule has 4 heteroatoms. The second-order valence-corrected chi connectivity index (χ2v) is 2.59. The first-order valence-electron chi connectivity index (χ1n) is 3.98. The van der Waals surface area contributed by atoms with Gasteiger partial charge in [0.2, 0.25) is 5.91 Å². The van der Waals surface area contributed by atoms with Crippen LogP contribution in [-0.4, -0.2) is 12.5 Å². The van der Waals surface area contributed by atoms with Gasteiger partial charge in [0, 0.05) is 12.1 Å². The van der Waals surface area contributed by atoms with Gasteiger partial charge in [-0.3, -0.25) is 4.79 Å². The van der Waals surface area contributed by atoms with Crippen LogP contribution in [0.1, 0.15) is 17.3 Å². The van der Waals surface area contributed by atoms with Crippen LogP contribution in [-0.2, 0) is 0 Å². The van der Waals surface area contributed by atoms with Crippen molar-refractivity contribution in [1.29, 1.82) is 0 Å². The molecule has 70 valence electrons. The maximum atomic E-state index is 13.0. The van der Waals surface area contributed by atoms with E-state index in [2.05, 4.69) is 5.32 Å². The quantitative estimate of drug-likeness (QED) is 0.741. The van der Waals surface area contributed by atoms with Crippen LogP contribution in [0.15, 0.2) is 18.2 Å². The van der Waals surface area contributed by atoms with Gasteiger partial charge < -0.3 is 11.1 Å². The van der Waals surface area contributed by atoms with Crippen molar-refractivity contribution in [2.75, 3.05) is 11.9 Å². The third-order valence-electron chi connectivity index (χ3n) is 1.62. The molecule has 13 heavy (non-hydrogen) atoms. The number of carbonyl (C=O) groups excluding carboxylic acids is 1. The van der Waals surface area contributed by atoms with Crippen molar-refractivity contribution in [2.45, 2.75) is 6.92 Å². The molecule has 0 saturated heterocycles. The number of anilines is 1. The van der Waals surface area contributed by atoms with Gasteiger partial charge in [-0.2, -0.15) is 0 Å². The molecule has 0 bridgehead atoms. The van der Waals surface area contributed by atoms with Gasteiger partial charge in [0.05, 0.1) is 5.69 Å². The summed E-state index contributed by atoms with van der Waals surface area (Å²) in [5.74, 6) is -0.939. The zero-order valence-electron chi connectivity index (χ0n) is 7.30. The molecule has 0 unspecified atom stereocenters. The minimum Gasteiger partial charge on any atom is -0.383 e. The molecule has 3 N–H and O–H groups in total.